The zero-order valence-electron chi connectivity index (χ0n) is 8.32. The molecule has 1 aliphatic rings. The van der Waals surface area contributed by atoms with Crippen LogP contribution in [0.15, 0.2) is 0 Å². The number of rotatable bonds is 2. The number of carbonyl (C=O) groups is 2. The molecule has 1 saturated heterocycles. The molecule has 1 heterocycles. The van der Waals surface area contributed by atoms with E-state index in [-0.39, 0.29) is 17.9 Å². The van der Waals surface area contributed by atoms with Gasteiger partial charge in [0.2, 0.25) is 0 Å². The number of methoxy groups -OCH3 is 1. The van der Waals surface area contributed by atoms with E-state index in [9.17, 15) is 22.8 Å². The summed E-state index contributed by atoms with van der Waals surface area (Å²) in [6.07, 6.45) is -5.86. The summed E-state index contributed by atoms with van der Waals surface area (Å²) >= 11 is 0. The minimum Gasteiger partial charge on any atom is -0.480 e. The standard InChI is InChI=1S/C8H10F3NO4/c1-16-4-2-5(6(13)14)12(3-4)7(15)8(9,10)11/h4-5H,2-3H2,1H3,(H,13,14)/t4-,5-/m0/s1. The van der Waals surface area contributed by atoms with Crippen LogP contribution in [0, 0.1) is 0 Å². The lowest BCUT2D eigenvalue weighted by molar-refractivity contribution is -0.188. The van der Waals surface area contributed by atoms with Gasteiger partial charge in [-0.3, -0.25) is 4.79 Å². The fourth-order valence-corrected chi connectivity index (χ4v) is 1.59. The number of amides is 1. The van der Waals surface area contributed by atoms with Gasteiger partial charge in [-0.05, 0) is 0 Å². The number of carboxylic acid groups (broad SMARTS) is 1. The third-order valence-electron chi connectivity index (χ3n) is 2.38. The SMILES string of the molecule is CO[C@H]1C[C@@H](C(=O)O)N(C(=O)C(F)(F)F)C1. The molecule has 2 atom stereocenters. The number of carboxylic acids is 1. The molecule has 92 valence electrons. The highest BCUT2D eigenvalue weighted by Crippen LogP contribution is 2.26. The highest BCUT2D eigenvalue weighted by molar-refractivity contribution is 5.87. The van der Waals surface area contributed by atoms with Crippen LogP contribution in [-0.4, -0.2) is 53.9 Å². The maximum Gasteiger partial charge on any atom is 0.471 e. The van der Waals surface area contributed by atoms with Gasteiger partial charge in [0, 0.05) is 20.1 Å². The monoisotopic (exact) mass is 241 g/mol. The molecule has 1 aliphatic heterocycles. The maximum atomic E-state index is 12.1. The molecule has 0 spiro atoms. The van der Waals surface area contributed by atoms with E-state index in [2.05, 4.69) is 0 Å². The Bertz CT molecular complexity index is 304. The van der Waals surface area contributed by atoms with Crippen molar-refractivity contribution in [3.05, 3.63) is 0 Å². The molecule has 5 nitrogen and oxygen atoms in total. The number of nitrogens with zero attached hydrogens (tertiary/aromatic N) is 1. The lowest BCUT2D eigenvalue weighted by Crippen LogP contribution is -2.47. The van der Waals surface area contributed by atoms with Crippen molar-refractivity contribution >= 4 is 11.9 Å². The number of halogens is 3. The molecule has 1 N–H and O–H groups in total. The molecular formula is C8H10F3NO4. The Hall–Kier alpha value is -1.31. The summed E-state index contributed by atoms with van der Waals surface area (Å²) in [5, 5.41) is 8.69. The Morgan fingerprint density at radius 2 is 2.00 bits per heavy atom. The summed E-state index contributed by atoms with van der Waals surface area (Å²) in [4.78, 5) is 21.9. The lowest BCUT2D eigenvalue weighted by atomic mass is 10.2. The predicted molar refractivity (Wildman–Crippen MR) is 44.6 cm³/mol. The highest BCUT2D eigenvalue weighted by Gasteiger charge is 2.50. The molecule has 0 aromatic rings. The topological polar surface area (TPSA) is 66.8 Å². The summed E-state index contributed by atoms with van der Waals surface area (Å²) in [6, 6.07) is -1.47. The zero-order chi connectivity index (χ0) is 12.5. The molecule has 0 saturated carbocycles. The summed E-state index contributed by atoms with van der Waals surface area (Å²) in [5.74, 6) is -3.60. The van der Waals surface area contributed by atoms with Crippen LogP contribution in [0.2, 0.25) is 0 Å². The number of ether oxygens (including phenoxy) is 1. The first-order chi connectivity index (χ1) is 7.27. The number of carbonyl (C=O) groups excluding carboxylic acids is 1. The molecule has 0 bridgehead atoms. The maximum absolute atomic E-state index is 12.1. The van der Waals surface area contributed by atoms with Gasteiger partial charge in [0.25, 0.3) is 0 Å². The quantitative estimate of drug-likeness (QED) is 0.752. The third-order valence-corrected chi connectivity index (χ3v) is 2.38. The van der Waals surface area contributed by atoms with Crippen LogP contribution in [0.5, 0.6) is 0 Å². The minimum atomic E-state index is -5.06. The van der Waals surface area contributed by atoms with Gasteiger partial charge in [-0.25, -0.2) is 4.79 Å². The number of likely N-dealkylation sites (tertiary alicyclic amines) is 1. The van der Waals surface area contributed by atoms with Gasteiger partial charge in [-0.15, -0.1) is 0 Å². The normalized spacial score (nSPS) is 25.9. The van der Waals surface area contributed by atoms with Crippen LogP contribution < -0.4 is 0 Å². The van der Waals surface area contributed by atoms with Crippen LogP contribution in [0.1, 0.15) is 6.42 Å². The van der Waals surface area contributed by atoms with Gasteiger partial charge < -0.3 is 14.7 Å². The van der Waals surface area contributed by atoms with E-state index >= 15 is 0 Å². The minimum absolute atomic E-state index is 0.131. The van der Waals surface area contributed by atoms with Crippen molar-refractivity contribution in [1.29, 1.82) is 0 Å². The highest BCUT2D eigenvalue weighted by atomic mass is 19.4. The van der Waals surface area contributed by atoms with E-state index in [0.29, 0.717) is 0 Å². The molecule has 0 aromatic heterocycles. The Morgan fingerprint density at radius 3 is 2.38 bits per heavy atom. The van der Waals surface area contributed by atoms with Gasteiger partial charge in [-0.2, -0.15) is 13.2 Å². The largest absolute Gasteiger partial charge is 0.480 e. The summed E-state index contributed by atoms with van der Waals surface area (Å²) in [6.45, 7) is -0.355. The average Bonchev–Trinajstić information content (AvgIpc) is 2.58. The van der Waals surface area contributed by atoms with E-state index in [0.717, 1.165) is 0 Å². The molecule has 1 fully saturated rings. The van der Waals surface area contributed by atoms with E-state index in [1.165, 1.54) is 7.11 Å². The van der Waals surface area contributed by atoms with E-state index < -0.39 is 30.2 Å². The van der Waals surface area contributed by atoms with Crippen molar-refractivity contribution in [2.24, 2.45) is 0 Å². The first-order valence-electron chi connectivity index (χ1n) is 4.40. The third kappa shape index (κ3) is 2.43. The van der Waals surface area contributed by atoms with Crippen molar-refractivity contribution in [3.63, 3.8) is 0 Å². The molecular weight excluding hydrogens is 231 g/mol. The molecule has 1 rings (SSSR count). The first-order valence-corrected chi connectivity index (χ1v) is 4.40. The van der Waals surface area contributed by atoms with Crippen molar-refractivity contribution in [2.45, 2.75) is 24.7 Å². The smallest absolute Gasteiger partial charge is 0.471 e. The first kappa shape index (κ1) is 12.8. The number of hydrogen-bond acceptors (Lipinski definition) is 3. The van der Waals surface area contributed by atoms with Crippen LogP contribution in [0.4, 0.5) is 13.2 Å². The van der Waals surface area contributed by atoms with Crippen molar-refractivity contribution in [3.8, 4) is 0 Å². The Balaban J connectivity index is 2.85. The van der Waals surface area contributed by atoms with Crippen LogP contribution in [-0.2, 0) is 14.3 Å². The van der Waals surface area contributed by atoms with Gasteiger partial charge in [0.05, 0.1) is 6.10 Å². The van der Waals surface area contributed by atoms with E-state index in [4.69, 9.17) is 9.84 Å². The Morgan fingerprint density at radius 1 is 1.44 bits per heavy atom. The van der Waals surface area contributed by atoms with Crippen molar-refractivity contribution in [2.75, 3.05) is 13.7 Å². The van der Waals surface area contributed by atoms with Gasteiger partial charge in [0.15, 0.2) is 0 Å². The zero-order valence-corrected chi connectivity index (χ0v) is 8.32. The van der Waals surface area contributed by atoms with Crippen LogP contribution in [0.25, 0.3) is 0 Å². The molecule has 8 heteroatoms. The van der Waals surface area contributed by atoms with Gasteiger partial charge in [-0.1, -0.05) is 0 Å². The van der Waals surface area contributed by atoms with Crippen LogP contribution in [0.3, 0.4) is 0 Å². The second-order valence-electron chi connectivity index (χ2n) is 3.40. The second-order valence-corrected chi connectivity index (χ2v) is 3.40. The summed E-state index contributed by atoms with van der Waals surface area (Å²) < 4.78 is 41.2. The fraction of sp³-hybridized carbons (Fsp3) is 0.750. The molecule has 1 amide bonds. The summed E-state index contributed by atoms with van der Waals surface area (Å²) in [5.41, 5.74) is 0. The van der Waals surface area contributed by atoms with Gasteiger partial charge in [0.1, 0.15) is 6.04 Å². The van der Waals surface area contributed by atoms with E-state index in [1.54, 1.807) is 0 Å². The second kappa shape index (κ2) is 4.28. The fourth-order valence-electron chi connectivity index (χ4n) is 1.59. The molecule has 0 aromatic carbocycles. The van der Waals surface area contributed by atoms with Gasteiger partial charge >= 0.3 is 18.1 Å². The average molecular weight is 241 g/mol. The molecule has 0 aliphatic carbocycles. The van der Waals surface area contributed by atoms with Crippen molar-refractivity contribution in [1.82, 2.24) is 4.90 Å². The molecule has 16 heavy (non-hydrogen) atoms. The predicted octanol–water partition coefficient (Wildman–Crippen LogP) is 0.249. The number of alkyl halides is 3. The number of aliphatic carboxylic acids is 1. The Kier molecular flexibility index (Phi) is 3.41. The van der Waals surface area contributed by atoms with E-state index in [1.807, 2.05) is 0 Å². The van der Waals surface area contributed by atoms with Crippen molar-refractivity contribution < 1.29 is 32.6 Å². The number of hydrogen-bond donors (Lipinski definition) is 1. The lowest BCUT2D eigenvalue weighted by Gasteiger charge is -2.22. The molecule has 0 unspecified atom stereocenters. The van der Waals surface area contributed by atoms with Crippen LogP contribution >= 0.6 is 0 Å². The summed E-state index contributed by atoms with van der Waals surface area (Å²) in [7, 11) is 1.26. The molecule has 0 radical (unpaired) electrons. The Labute approximate surface area is 88.8 Å².